The molecule has 1 aromatic carbocycles. The number of carbonyl (C=O) groups excluding carboxylic acids is 1. The first-order valence-electron chi connectivity index (χ1n) is 9.45. The van der Waals surface area contributed by atoms with E-state index in [0.717, 1.165) is 31.0 Å². The zero-order valence-corrected chi connectivity index (χ0v) is 18.6. The van der Waals surface area contributed by atoms with Crippen molar-refractivity contribution >= 4 is 41.5 Å². The molecular formula is C20H27IN6O. The number of anilines is 1. The Bertz CT molecular complexity index is 836. The molecule has 150 valence electrons. The Balaban J connectivity index is 0.00000225. The molecule has 1 saturated carbocycles. The number of rotatable bonds is 4. The van der Waals surface area contributed by atoms with Crippen LogP contribution in [0.25, 0.3) is 0 Å². The summed E-state index contributed by atoms with van der Waals surface area (Å²) in [5.74, 6) is 1.54. The molecule has 2 aliphatic rings. The normalized spacial score (nSPS) is 22.1. The van der Waals surface area contributed by atoms with Crippen LogP contribution in [-0.4, -0.2) is 59.3 Å². The minimum absolute atomic E-state index is 0. The highest BCUT2D eigenvalue weighted by molar-refractivity contribution is 14.0. The molecule has 2 fully saturated rings. The highest BCUT2D eigenvalue weighted by Crippen LogP contribution is 2.34. The molecule has 1 saturated heterocycles. The predicted molar refractivity (Wildman–Crippen MR) is 121 cm³/mol. The van der Waals surface area contributed by atoms with Crippen LogP contribution in [0.4, 0.5) is 5.69 Å². The molecule has 1 aliphatic heterocycles. The molecule has 2 aromatic rings. The summed E-state index contributed by atoms with van der Waals surface area (Å²) in [4.78, 5) is 20.9. The predicted octanol–water partition coefficient (Wildman–Crippen LogP) is 1.89. The number of carbonyl (C=O) groups is 1. The molecule has 7 nitrogen and oxygen atoms in total. The summed E-state index contributed by atoms with van der Waals surface area (Å²) >= 11 is 0. The van der Waals surface area contributed by atoms with E-state index in [-0.39, 0.29) is 29.9 Å². The number of nitrogens with one attached hydrogen (secondary N) is 1. The molecule has 1 N–H and O–H groups in total. The SMILES string of the molecule is CN=C(NC1CC1Cc1ccccc1)N1CCN(c2cnn(C)c2)C(=O)C1.I. The van der Waals surface area contributed by atoms with Gasteiger partial charge in [-0.25, -0.2) is 0 Å². The fourth-order valence-electron chi connectivity index (χ4n) is 3.70. The van der Waals surface area contributed by atoms with E-state index in [1.54, 1.807) is 22.8 Å². The smallest absolute Gasteiger partial charge is 0.246 e. The maximum absolute atomic E-state index is 12.6. The zero-order valence-electron chi connectivity index (χ0n) is 16.3. The number of piperazine rings is 1. The lowest BCUT2D eigenvalue weighted by atomic mass is 10.1. The van der Waals surface area contributed by atoms with Crippen LogP contribution in [-0.2, 0) is 18.3 Å². The Morgan fingerprint density at radius 3 is 2.71 bits per heavy atom. The minimum Gasteiger partial charge on any atom is -0.353 e. The van der Waals surface area contributed by atoms with E-state index in [4.69, 9.17) is 0 Å². The molecule has 8 heteroatoms. The second-order valence-electron chi connectivity index (χ2n) is 7.32. The van der Waals surface area contributed by atoms with Crippen molar-refractivity contribution in [1.29, 1.82) is 0 Å². The lowest BCUT2D eigenvalue weighted by Crippen LogP contribution is -2.55. The lowest BCUT2D eigenvalue weighted by Gasteiger charge is -2.35. The fourth-order valence-corrected chi connectivity index (χ4v) is 3.70. The molecule has 2 unspecified atom stereocenters. The third-order valence-electron chi connectivity index (χ3n) is 5.31. The Kier molecular flexibility index (Phi) is 6.58. The van der Waals surface area contributed by atoms with Crippen molar-refractivity contribution in [3.05, 3.63) is 48.3 Å². The van der Waals surface area contributed by atoms with E-state index in [1.165, 1.54) is 5.56 Å². The van der Waals surface area contributed by atoms with Crippen LogP contribution in [0.5, 0.6) is 0 Å². The van der Waals surface area contributed by atoms with Crippen LogP contribution in [0, 0.1) is 5.92 Å². The van der Waals surface area contributed by atoms with Crippen molar-refractivity contribution in [3.63, 3.8) is 0 Å². The van der Waals surface area contributed by atoms with Gasteiger partial charge in [-0.2, -0.15) is 5.10 Å². The van der Waals surface area contributed by atoms with Gasteiger partial charge >= 0.3 is 0 Å². The molecule has 0 spiro atoms. The number of nitrogens with zero attached hydrogens (tertiary/aromatic N) is 5. The largest absolute Gasteiger partial charge is 0.353 e. The van der Waals surface area contributed by atoms with Crippen LogP contribution in [0.15, 0.2) is 47.7 Å². The van der Waals surface area contributed by atoms with Gasteiger partial charge in [0.2, 0.25) is 5.91 Å². The van der Waals surface area contributed by atoms with Crippen LogP contribution in [0.1, 0.15) is 12.0 Å². The lowest BCUT2D eigenvalue weighted by molar-refractivity contribution is -0.120. The van der Waals surface area contributed by atoms with Crippen molar-refractivity contribution < 1.29 is 4.79 Å². The van der Waals surface area contributed by atoms with Crippen molar-refractivity contribution in [2.45, 2.75) is 18.9 Å². The number of benzene rings is 1. The first kappa shape index (κ1) is 20.6. The monoisotopic (exact) mass is 494 g/mol. The van der Waals surface area contributed by atoms with E-state index in [9.17, 15) is 4.79 Å². The van der Waals surface area contributed by atoms with Crippen molar-refractivity contribution in [3.8, 4) is 0 Å². The molecular weight excluding hydrogens is 467 g/mol. The fraction of sp³-hybridized carbons (Fsp3) is 0.450. The van der Waals surface area contributed by atoms with Crippen molar-refractivity contribution in [1.82, 2.24) is 20.0 Å². The summed E-state index contributed by atoms with van der Waals surface area (Å²) in [5.41, 5.74) is 2.23. The Morgan fingerprint density at radius 1 is 1.29 bits per heavy atom. The number of amides is 1. The topological polar surface area (TPSA) is 65.8 Å². The number of hydrogen-bond donors (Lipinski definition) is 1. The molecule has 1 amide bonds. The average molecular weight is 494 g/mol. The summed E-state index contributed by atoms with van der Waals surface area (Å²) in [7, 11) is 3.65. The maximum atomic E-state index is 12.6. The quantitative estimate of drug-likeness (QED) is 0.401. The van der Waals surface area contributed by atoms with Crippen molar-refractivity contribution in [2.75, 3.05) is 31.6 Å². The number of guanidine groups is 1. The molecule has 2 heterocycles. The molecule has 0 radical (unpaired) electrons. The summed E-state index contributed by atoms with van der Waals surface area (Å²) in [6, 6.07) is 11.0. The van der Waals surface area contributed by atoms with Gasteiger partial charge in [0.1, 0.15) is 6.54 Å². The molecule has 28 heavy (non-hydrogen) atoms. The number of aryl methyl sites for hydroxylation is 1. The summed E-state index contributed by atoms with van der Waals surface area (Å²) in [5, 5.41) is 7.71. The van der Waals surface area contributed by atoms with E-state index in [0.29, 0.717) is 25.0 Å². The van der Waals surface area contributed by atoms with Crippen LogP contribution >= 0.6 is 24.0 Å². The highest BCUT2D eigenvalue weighted by atomic mass is 127. The van der Waals surface area contributed by atoms with Gasteiger partial charge in [0.15, 0.2) is 5.96 Å². The maximum Gasteiger partial charge on any atom is 0.246 e. The first-order chi connectivity index (χ1) is 13.1. The Hall–Kier alpha value is -2.10. The van der Waals surface area contributed by atoms with Crippen LogP contribution < -0.4 is 10.2 Å². The van der Waals surface area contributed by atoms with Gasteiger partial charge in [0.05, 0.1) is 11.9 Å². The van der Waals surface area contributed by atoms with Crippen LogP contribution in [0.3, 0.4) is 0 Å². The van der Waals surface area contributed by atoms with Crippen LogP contribution in [0.2, 0.25) is 0 Å². The summed E-state index contributed by atoms with van der Waals surface area (Å²) in [6.07, 6.45) is 5.85. The van der Waals surface area contributed by atoms with Gasteiger partial charge in [0.25, 0.3) is 0 Å². The van der Waals surface area contributed by atoms with Gasteiger partial charge in [-0.15, -0.1) is 24.0 Å². The number of aliphatic imine (C=N–C) groups is 1. The summed E-state index contributed by atoms with van der Waals surface area (Å²) < 4.78 is 1.72. The molecule has 4 rings (SSSR count). The third-order valence-corrected chi connectivity index (χ3v) is 5.31. The molecule has 2 atom stereocenters. The number of hydrogen-bond acceptors (Lipinski definition) is 3. The first-order valence-corrected chi connectivity index (χ1v) is 9.45. The van der Waals surface area contributed by atoms with E-state index < -0.39 is 0 Å². The molecule has 1 aliphatic carbocycles. The third kappa shape index (κ3) is 4.65. The second-order valence-corrected chi connectivity index (χ2v) is 7.32. The van der Waals surface area contributed by atoms with E-state index in [1.807, 2.05) is 18.1 Å². The standard InChI is InChI=1S/C20H26N6O.HI/c1-21-20(23-18-11-16(18)10-15-6-4-3-5-7-15)25-8-9-26(19(27)14-25)17-12-22-24(2)13-17;/h3-7,12-13,16,18H,8-11,14H2,1-2H3,(H,21,23);1H. The number of halogens is 1. The van der Waals surface area contributed by atoms with Gasteiger partial charge in [0, 0.05) is 39.4 Å². The van der Waals surface area contributed by atoms with Gasteiger partial charge < -0.3 is 15.1 Å². The van der Waals surface area contributed by atoms with Crippen molar-refractivity contribution in [2.24, 2.45) is 18.0 Å². The minimum atomic E-state index is 0. The Morgan fingerprint density at radius 2 is 2.07 bits per heavy atom. The Labute approximate surface area is 182 Å². The second kappa shape index (κ2) is 8.93. The molecule has 0 bridgehead atoms. The van der Waals surface area contributed by atoms with E-state index in [2.05, 4.69) is 45.7 Å². The zero-order chi connectivity index (χ0) is 18.8. The number of aromatic nitrogens is 2. The van der Waals surface area contributed by atoms with Gasteiger partial charge in [-0.1, -0.05) is 30.3 Å². The summed E-state index contributed by atoms with van der Waals surface area (Å²) in [6.45, 7) is 1.74. The van der Waals surface area contributed by atoms with Gasteiger partial charge in [-0.3, -0.25) is 14.5 Å². The molecule has 1 aromatic heterocycles. The highest BCUT2D eigenvalue weighted by Gasteiger charge is 2.39. The van der Waals surface area contributed by atoms with Gasteiger partial charge in [-0.05, 0) is 24.3 Å². The van der Waals surface area contributed by atoms with E-state index >= 15 is 0 Å². The average Bonchev–Trinajstić information content (AvgIpc) is 3.26.